The molecule has 0 aliphatic rings. The number of carbonyl (C=O) groups is 2. The van der Waals surface area contributed by atoms with Gasteiger partial charge in [0.25, 0.3) is 5.91 Å². The minimum atomic E-state index is -1.11. The van der Waals surface area contributed by atoms with Crippen molar-refractivity contribution in [2.45, 2.75) is 12.5 Å². The van der Waals surface area contributed by atoms with Crippen molar-refractivity contribution >= 4 is 33.6 Å². The van der Waals surface area contributed by atoms with Gasteiger partial charge >= 0.3 is 5.97 Å². The Morgan fingerprint density at radius 2 is 1.83 bits per heavy atom. The summed E-state index contributed by atoms with van der Waals surface area (Å²) >= 11 is 3.32. The van der Waals surface area contributed by atoms with Gasteiger partial charge in [0.1, 0.15) is 6.04 Å². The van der Waals surface area contributed by atoms with Crippen LogP contribution in [0.2, 0.25) is 0 Å². The van der Waals surface area contributed by atoms with Gasteiger partial charge in [0, 0.05) is 25.0 Å². The third kappa shape index (κ3) is 4.76. The van der Waals surface area contributed by atoms with Gasteiger partial charge in [0.15, 0.2) is 11.5 Å². The Kier molecular flexibility index (Phi) is 5.86. The van der Waals surface area contributed by atoms with E-state index in [1.54, 1.807) is 23.1 Å². The standard InChI is InChI=1S/C16H17BrN4O3/c1-21(2)14-8-7-12(19-20-14)15(22)18-13(16(23)24)9-10-3-5-11(17)6-4-10/h3-8,13H,9H2,1-2H3,(H,18,22)(H,23,24). The first kappa shape index (κ1) is 17.9. The molecule has 126 valence electrons. The molecule has 0 aliphatic heterocycles. The van der Waals surface area contributed by atoms with Crippen molar-refractivity contribution in [2.24, 2.45) is 0 Å². The molecule has 1 atom stereocenters. The predicted octanol–water partition coefficient (Wildman–Crippen LogP) is 1.73. The SMILES string of the molecule is CN(C)c1ccc(C(=O)NC(Cc2ccc(Br)cc2)C(=O)O)nn1. The van der Waals surface area contributed by atoms with Crippen LogP contribution in [-0.2, 0) is 11.2 Å². The molecular formula is C16H17BrN4O3. The maximum atomic E-state index is 12.2. The number of amides is 1. The maximum absolute atomic E-state index is 12.2. The summed E-state index contributed by atoms with van der Waals surface area (Å²) in [5.41, 5.74) is 0.877. The summed E-state index contributed by atoms with van der Waals surface area (Å²) in [7, 11) is 3.62. The number of halogens is 1. The first-order chi connectivity index (χ1) is 11.4. The van der Waals surface area contributed by atoms with E-state index in [4.69, 9.17) is 0 Å². The number of carbonyl (C=O) groups excluding carboxylic acids is 1. The van der Waals surface area contributed by atoms with E-state index in [1.165, 1.54) is 6.07 Å². The van der Waals surface area contributed by atoms with Crippen molar-refractivity contribution in [1.82, 2.24) is 15.5 Å². The molecule has 0 fully saturated rings. The molecule has 0 bridgehead atoms. The molecule has 0 radical (unpaired) electrons. The van der Waals surface area contributed by atoms with Gasteiger partial charge in [-0.15, -0.1) is 10.2 Å². The van der Waals surface area contributed by atoms with Crippen LogP contribution in [0, 0.1) is 0 Å². The fourth-order valence-electron chi connectivity index (χ4n) is 1.97. The number of aliphatic carboxylic acids is 1. The molecule has 1 heterocycles. The third-order valence-corrected chi connectivity index (χ3v) is 3.83. The quantitative estimate of drug-likeness (QED) is 0.776. The fourth-order valence-corrected chi connectivity index (χ4v) is 2.24. The van der Waals surface area contributed by atoms with Crippen LogP contribution in [0.4, 0.5) is 5.82 Å². The average Bonchev–Trinajstić information content (AvgIpc) is 2.56. The van der Waals surface area contributed by atoms with E-state index in [1.807, 2.05) is 26.2 Å². The molecule has 2 rings (SSSR count). The monoisotopic (exact) mass is 392 g/mol. The second kappa shape index (κ2) is 7.87. The van der Waals surface area contributed by atoms with Gasteiger partial charge in [-0.3, -0.25) is 4.79 Å². The Hall–Kier alpha value is -2.48. The van der Waals surface area contributed by atoms with Gasteiger partial charge in [-0.1, -0.05) is 28.1 Å². The molecular weight excluding hydrogens is 376 g/mol. The highest BCUT2D eigenvalue weighted by Crippen LogP contribution is 2.12. The van der Waals surface area contributed by atoms with E-state index >= 15 is 0 Å². The lowest BCUT2D eigenvalue weighted by atomic mass is 10.1. The molecule has 0 saturated carbocycles. The van der Waals surface area contributed by atoms with Gasteiger partial charge in [0.05, 0.1) is 0 Å². The van der Waals surface area contributed by atoms with Crippen molar-refractivity contribution < 1.29 is 14.7 Å². The first-order valence-corrected chi connectivity index (χ1v) is 7.95. The topological polar surface area (TPSA) is 95.4 Å². The van der Waals surface area contributed by atoms with Crippen molar-refractivity contribution in [3.63, 3.8) is 0 Å². The summed E-state index contributed by atoms with van der Waals surface area (Å²) in [5, 5.41) is 19.5. The summed E-state index contributed by atoms with van der Waals surface area (Å²) in [4.78, 5) is 25.4. The number of rotatable bonds is 6. The van der Waals surface area contributed by atoms with Crippen LogP contribution >= 0.6 is 15.9 Å². The van der Waals surface area contributed by atoms with Gasteiger partial charge < -0.3 is 15.3 Å². The Bertz CT molecular complexity index is 717. The van der Waals surface area contributed by atoms with E-state index in [0.717, 1.165) is 10.0 Å². The number of benzene rings is 1. The van der Waals surface area contributed by atoms with Crippen LogP contribution in [0.3, 0.4) is 0 Å². The summed E-state index contributed by atoms with van der Waals surface area (Å²) in [6, 6.07) is 9.36. The molecule has 1 amide bonds. The number of nitrogens with one attached hydrogen (secondary N) is 1. The second-order valence-electron chi connectivity index (χ2n) is 5.37. The minimum absolute atomic E-state index is 0.0719. The summed E-state index contributed by atoms with van der Waals surface area (Å²) in [6.45, 7) is 0. The summed E-state index contributed by atoms with van der Waals surface area (Å²) in [5.74, 6) is -1.07. The normalized spacial score (nSPS) is 11.6. The van der Waals surface area contributed by atoms with Crippen LogP contribution in [0.5, 0.6) is 0 Å². The molecule has 1 unspecified atom stereocenters. The number of hydrogen-bond acceptors (Lipinski definition) is 5. The Balaban J connectivity index is 2.07. The predicted molar refractivity (Wildman–Crippen MR) is 93.1 cm³/mol. The molecule has 0 saturated heterocycles. The number of anilines is 1. The smallest absolute Gasteiger partial charge is 0.326 e. The van der Waals surface area contributed by atoms with Crippen LogP contribution in [0.15, 0.2) is 40.9 Å². The van der Waals surface area contributed by atoms with Crippen LogP contribution in [0.25, 0.3) is 0 Å². The Morgan fingerprint density at radius 3 is 2.33 bits per heavy atom. The fraction of sp³-hybridized carbons (Fsp3) is 0.250. The zero-order valence-electron chi connectivity index (χ0n) is 13.2. The number of hydrogen-bond donors (Lipinski definition) is 2. The highest BCUT2D eigenvalue weighted by atomic mass is 79.9. The highest BCUT2D eigenvalue weighted by Gasteiger charge is 2.22. The van der Waals surface area contributed by atoms with Crippen molar-refractivity contribution in [3.05, 3.63) is 52.1 Å². The average molecular weight is 393 g/mol. The first-order valence-electron chi connectivity index (χ1n) is 7.16. The number of nitrogens with zero attached hydrogens (tertiary/aromatic N) is 3. The number of carboxylic acid groups (broad SMARTS) is 1. The van der Waals surface area contributed by atoms with Gasteiger partial charge in [-0.25, -0.2) is 4.79 Å². The third-order valence-electron chi connectivity index (χ3n) is 3.30. The molecule has 7 nitrogen and oxygen atoms in total. The molecule has 8 heteroatoms. The lowest BCUT2D eigenvalue weighted by Gasteiger charge is -2.15. The zero-order chi connectivity index (χ0) is 17.7. The molecule has 1 aromatic carbocycles. The van der Waals surface area contributed by atoms with Crippen molar-refractivity contribution in [1.29, 1.82) is 0 Å². The molecule has 0 spiro atoms. The van der Waals surface area contributed by atoms with Crippen molar-refractivity contribution in [3.8, 4) is 0 Å². The lowest BCUT2D eigenvalue weighted by Crippen LogP contribution is -2.42. The van der Waals surface area contributed by atoms with E-state index in [9.17, 15) is 14.7 Å². The number of carboxylic acids is 1. The molecule has 2 N–H and O–H groups in total. The van der Waals surface area contributed by atoms with Gasteiger partial charge in [-0.05, 0) is 29.8 Å². The molecule has 2 aromatic rings. The van der Waals surface area contributed by atoms with E-state index in [0.29, 0.717) is 5.82 Å². The maximum Gasteiger partial charge on any atom is 0.326 e. The molecule has 24 heavy (non-hydrogen) atoms. The summed E-state index contributed by atoms with van der Waals surface area (Å²) < 4.78 is 0.901. The number of aromatic nitrogens is 2. The van der Waals surface area contributed by atoms with Gasteiger partial charge in [-0.2, -0.15) is 0 Å². The van der Waals surface area contributed by atoms with E-state index in [2.05, 4.69) is 31.4 Å². The largest absolute Gasteiger partial charge is 0.480 e. The van der Waals surface area contributed by atoms with E-state index in [-0.39, 0.29) is 12.1 Å². The minimum Gasteiger partial charge on any atom is -0.480 e. The van der Waals surface area contributed by atoms with Crippen molar-refractivity contribution in [2.75, 3.05) is 19.0 Å². The van der Waals surface area contributed by atoms with Gasteiger partial charge in [0.2, 0.25) is 0 Å². The summed E-state index contributed by atoms with van der Waals surface area (Å²) in [6.07, 6.45) is 0.178. The van der Waals surface area contributed by atoms with Crippen LogP contribution in [0.1, 0.15) is 16.1 Å². The molecule has 1 aromatic heterocycles. The van der Waals surface area contributed by atoms with Crippen LogP contribution in [-0.4, -0.2) is 47.3 Å². The zero-order valence-corrected chi connectivity index (χ0v) is 14.8. The lowest BCUT2D eigenvalue weighted by molar-refractivity contribution is -0.139. The Labute approximate surface area is 147 Å². The molecule has 0 aliphatic carbocycles. The second-order valence-corrected chi connectivity index (χ2v) is 6.28. The van der Waals surface area contributed by atoms with Crippen LogP contribution < -0.4 is 10.2 Å². The Morgan fingerprint density at radius 1 is 1.17 bits per heavy atom. The highest BCUT2D eigenvalue weighted by molar-refractivity contribution is 9.10. The van der Waals surface area contributed by atoms with E-state index < -0.39 is 17.9 Å².